The maximum atomic E-state index is 12.0. The van der Waals surface area contributed by atoms with Crippen LogP contribution in [0.4, 0.5) is 0 Å². The summed E-state index contributed by atoms with van der Waals surface area (Å²) in [5, 5.41) is 19.5. The third-order valence-electron chi connectivity index (χ3n) is 2.68. The summed E-state index contributed by atoms with van der Waals surface area (Å²) >= 11 is 0. The van der Waals surface area contributed by atoms with Crippen LogP contribution in [0.25, 0.3) is 0 Å². The summed E-state index contributed by atoms with van der Waals surface area (Å²) in [5.41, 5.74) is 0.951. The fraction of sp³-hybridized carbons (Fsp3) is 0.333. The molecule has 20 heavy (non-hydrogen) atoms. The highest BCUT2D eigenvalue weighted by atomic mass is 16.4. The lowest BCUT2D eigenvalue weighted by Crippen LogP contribution is -2.27. The zero-order valence-electron chi connectivity index (χ0n) is 11.0. The van der Waals surface area contributed by atoms with E-state index in [0.717, 1.165) is 16.9 Å². The maximum absolute atomic E-state index is 12.0. The summed E-state index contributed by atoms with van der Waals surface area (Å²) in [6.45, 7) is 2.67. The number of rotatable bonds is 6. The molecule has 2 rings (SSSR count). The molecule has 0 atom stereocenters. The van der Waals surface area contributed by atoms with Crippen molar-refractivity contribution in [3.8, 4) is 0 Å². The first-order valence-electron chi connectivity index (χ1n) is 6.14. The second-order valence-electron chi connectivity index (χ2n) is 4.11. The molecule has 0 spiro atoms. The Morgan fingerprint density at radius 3 is 2.85 bits per heavy atom. The van der Waals surface area contributed by atoms with Gasteiger partial charge in [-0.05, 0) is 19.1 Å². The largest absolute Gasteiger partial charge is 0.480 e. The van der Waals surface area contributed by atoms with Crippen LogP contribution >= 0.6 is 0 Å². The number of aromatic nitrogens is 4. The average Bonchev–Trinajstić information content (AvgIpc) is 3.04. The Morgan fingerprint density at radius 1 is 1.40 bits per heavy atom. The van der Waals surface area contributed by atoms with Gasteiger partial charge in [-0.25, -0.2) is 4.68 Å². The van der Waals surface area contributed by atoms with Crippen LogP contribution in [-0.2, 0) is 24.4 Å². The Labute approximate surface area is 115 Å². The highest BCUT2D eigenvalue weighted by Crippen LogP contribution is 2.01. The molecule has 2 aromatic rings. The van der Waals surface area contributed by atoms with Crippen LogP contribution in [0.3, 0.4) is 0 Å². The van der Waals surface area contributed by atoms with Gasteiger partial charge in [0.15, 0.2) is 0 Å². The van der Waals surface area contributed by atoms with E-state index in [1.807, 2.05) is 19.2 Å². The minimum atomic E-state index is -1.05. The van der Waals surface area contributed by atoms with Crippen molar-refractivity contribution in [2.45, 2.75) is 26.6 Å². The number of hydrogen-bond acceptors (Lipinski definition) is 4. The molecular formula is C12H15N5O3. The molecule has 0 unspecified atom stereocenters. The molecule has 0 aliphatic carbocycles. The number of amides is 1. The van der Waals surface area contributed by atoms with Gasteiger partial charge < -0.3 is 10.4 Å². The monoisotopic (exact) mass is 277 g/mol. The van der Waals surface area contributed by atoms with Gasteiger partial charge in [-0.2, -0.15) is 10.2 Å². The van der Waals surface area contributed by atoms with Gasteiger partial charge in [0.25, 0.3) is 5.91 Å². The number of nitrogens with one attached hydrogen (secondary N) is 1. The van der Waals surface area contributed by atoms with Gasteiger partial charge in [-0.3, -0.25) is 14.3 Å². The Kier molecular flexibility index (Phi) is 4.14. The van der Waals surface area contributed by atoms with E-state index in [2.05, 4.69) is 15.5 Å². The fourth-order valence-corrected chi connectivity index (χ4v) is 1.72. The minimum Gasteiger partial charge on any atom is -0.480 e. The first kappa shape index (κ1) is 13.8. The van der Waals surface area contributed by atoms with Gasteiger partial charge in [-0.1, -0.05) is 0 Å². The summed E-state index contributed by atoms with van der Waals surface area (Å²) in [4.78, 5) is 22.6. The number of hydrogen-bond donors (Lipinski definition) is 2. The summed E-state index contributed by atoms with van der Waals surface area (Å²) in [6, 6.07) is 3.29. The Bertz CT molecular complexity index is 616. The minimum absolute atomic E-state index is 0.210. The van der Waals surface area contributed by atoms with E-state index in [1.54, 1.807) is 4.68 Å². The van der Waals surface area contributed by atoms with Crippen molar-refractivity contribution in [2.75, 3.05) is 0 Å². The molecule has 2 aromatic heterocycles. The molecule has 0 aromatic carbocycles. The van der Waals surface area contributed by atoms with Crippen molar-refractivity contribution in [3.05, 3.63) is 35.9 Å². The molecule has 0 fully saturated rings. The Balaban J connectivity index is 1.98. The zero-order chi connectivity index (χ0) is 14.5. The molecule has 0 aliphatic heterocycles. The molecule has 8 nitrogen and oxygen atoms in total. The molecule has 2 heterocycles. The number of carbonyl (C=O) groups excluding carboxylic acids is 1. The molecule has 0 saturated heterocycles. The summed E-state index contributed by atoms with van der Waals surface area (Å²) in [5.74, 6) is -1.43. The van der Waals surface area contributed by atoms with Crippen molar-refractivity contribution in [2.24, 2.45) is 0 Å². The number of carboxylic acid groups (broad SMARTS) is 1. The van der Waals surface area contributed by atoms with Gasteiger partial charge in [-0.15, -0.1) is 0 Å². The normalized spacial score (nSPS) is 10.4. The predicted molar refractivity (Wildman–Crippen MR) is 68.9 cm³/mol. The Hall–Kier alpha value is -2.64. The average molecular weight is 277 g/mol. The zero-order valence-corrected chi connectivity index (χ0v) is 11.0. The van der Waals surface area contributed by atoms with E-state index in [9.17, 15) is 9.59 Å². The molecule has 0 radical (unpaired) electrons. The highest BCUT2D eigenvalue weighted by Gasteiger charge is 2.14. The van der Waals surface area contributed by atoms with Crippen molar-refractivity contribution in [1.29, 1.82) is 0 Å². The summed E-state index contributed by atoms with van der Waals surface area (Å²) in [6.07, 6.45) is 3.22. The van der Waals surface area contributed by atoms with Crippen LogP contribution in [0.15, 0.2) is 24.5 Å². The smallest absolute Gasteiger partial charge is 0.325 e. The van der Waals surface area contributed by atoms with Crippen molar-refractivity contribution >= 4 is 11.9 Å². The molecule has 8 heteroatoms. The SMILES string of the molecule is CCn1ccc(CNC(=O)c2ccnn2CC(=O)O)n1. The lowest BCUT2D eigenvalue weighted by Gasteiger charge is -2.05. The number of carbonyl (C=O) groups is 2. The molecule has 0 bridgehead atoms. The standard InChI is InChI=1S/C12H15N5O3/c1-2-16-6-4-9(15-16)7-13-12(20)10-3-5-14-17(10)8-11(18)19/h3-6H,2,7-8H2,1H3,(H,13,20)(H,18,19). The second kappa shape index (κ2) is 6.00. The van der Waals surface area contributed by atoms with Crippen LogP contribution in [0.1, 0.15) is 23.1 Å². The van der Waals surface area contributed by atoms with E-state index in [0.29, 0.717) is 0 Å². The van der Waals surface area contributed by atoms with Crippen LogP contribution in [0, 0.1) is 0 Å². The van der Waals surface area contributed by atoms with Crippen LogP contribution in [0.5, 0.6) is 0 Å². The first-order chi connectivity index (χ1) is 9.60. The summed E-state index contributed by atoms with van der Waals surface area (Å²) in [7, 11) is 0. The van der Waals surface area contributed by atoms with Gasteiger partial charge in [0.2, 0.25) is 0 Å². The Morgan fingerprint density at radius 2 is 2.20 bits per heavy atom. The van der Waals surface area contributed by atoms with Gasteiger partial charge in [0.05, 0.1) is 12.2 Å². The first-order valence-corrected chi connectivity index (χ1v) is 6.14. The quantitative estimate of drug-likeness (QED) is 0.780. The maximum Gasteiger partial charge on any atom is 0.325 e. The van der Waals surface area contributed by atoms with Gasteiger partial charge >= 0.3 is 5.97 Å². The second-order valence-corrected chi connectivity index (χ2v) is 4.11. The molecule has 106 valence electrons. The molecule has 1 amide bonds. The molecule has 0 saturated carbocycles. The van der Waals surface area contributed by atoms with E-state index < -0.39 is 5.97 Å². The lowest BCUT2D eigenvalue weighted by molar-refractivity contribution is -0.137. The lowest BCUT2D eigenvalue weighted by atomic mass is 10.3. The van der Waals surface area contributed by atoms with Crippen LogP contribution < -0.4 is 5.32 Å². The molecule has 0 aliphatic rings. The van der Waals surface area contributed by atoms with Crippen molar-refractivity contribution in [3.63, 3.8) is 0 Å². The number of carboxylic acids is 1. The summed E-state index contributed by atoms with van der Waals surface area (Å²) < 4.78 is 2.90. The third kappa shape index (κ3) is 3.22. The van der Waals surface area contributed by atoms with Gasteiger partial charge in [0, 0.05) is 18.9 Å². The third-order valence-corrected chi connectivity index (χ3v) is 2.68. The topological polar surface area (TPSA) is 102 Å². The van der Waals surface area contributed by atoms with Crippen molar-refractivity contribution < 1.29 is 14.7 Å². The predicted octanol–water partition coefficient (Wildman–Crippen LogP) is 0.114. The van der Waals surface area contributed by atoms with E-state index in [-0.39, 0.29) is 24.7 Å². The van der Waals surface area contributed by atoms with Gasteiger partial charge in [0.1, 0.15) is 12.2 Å². The number of aryl methyl sites for hydroxylation is 1. The number of nitrogens with zero attached hydrogens (tertiary/aromatic N) is 4. The van der Waals surface area contributed by atoms with E-state index >= 15 is 0 Å². The van der Waals surface area contributed by atoms with Crippen LogP contribution in [-0.4, -0.2) is 36.5 Å². The van der Waals surface area contributed by atoms with Crippen molar-refractivity contribution in [1.82, 2.24) is 24.9 Å². The molecule has 2 N–H and O–H groups in total. The van der Waals surface area contributed by atoms with E-state index in [1.165, 1.54) is 12.3 Å². The molecular weight excluding hydrogens is 262 g/mol. The number of aliphatic carboxylic acids is 1. The highest BCUT2D eigenvalue weighted by molar-refractivity contribution is 5.92. The van der Waals surface area contributed by atoms with Crippen LogP contribution in [0.2, 0.25) is 0 Å². The van der Waals surface area contributed by atoms with E-state index in [4.69, 9.17) is 5.11 Å². The fourth-order valence-electron chi connectivity index (χ4n) is 1.72.